The number of hydrogen-bond acceptors (Lipinski definition) is 4. The fourth-order valence-corrected chi connectivity index (χ4v) is 1.38. The van der Waals surface area contributed by atoms with Crippen molar-refractivity contribution in [3.05, 3.63) is 0 Å². The summed E-state index contributed by atoms with van der Waals surface area (Å²) in [6.07, 6.45) is 0.410. The predicted octanol–water partition coefficient (Wildman–Crippen LogP) is -0.522. The van der Waals surface area contributed by atoms with E-state index in [0.29, 0.717) is 0 Å². The van der Waals surface area contributed by atoms with E-state index in [9.17, 15) is 14.4 Å². The second-order valence-corrected chi connectivity index (χ2v) is 4.13. The van der Waals surface area contributed by atoms with Gasteiger partial charge in [0.2, 0.25) is 5.91 Å². The Morgan fingerprint density at radius 1 is 1.41 bits per heavy atom. The lowest BCUT2D eigenvalue weighted by atomic mass is 10.0. The Hall–Kier alpha value is -1.92. The smallest absolute Gasteiger partial charge is 0.326 e. The van der Waals surface area contributed by atoms with Gasteiger partial charge in [0.05, 0.1) is 0 Å². The minimum atomic E-state index is -1.09. The lowest BCUT2D eigenvalue weighted by Crippen LogP contribution is -2.48. The van der Waals surface area contributed by atoms with E-state index in [1.165, 1.54) is 0 Å². The number of nitrogens with one attached hydrogen (secondary N) is 2. The molecule has 1 heterocycles. The molecule has 0 fully saturated rings. The van der Waals surface area contributed by atoms with Gasteiger partial charge >= 0.3 is 5.97 Å². The monoisotopic (exact) mass is 241 g/mol. The van der Waals surface area contributed by atoms with Crippen molar-refractivity contribution in [3.8, 4) is 0 Å². The van der Waals surface area contributed by atoms with Gasteiger partial charge in [0, 0.05) is 12.8 Å². The summed E-state index contributed by atoms with van der Waals surface area (Å²) in [6.45, 7) is 3.40. The molecular formula is C10H15N3O4. The van der Waals surface area contributed by atoms with Crippen LogP contribution in [-0.2, 0) is 14.4 Å². The molecule has 1 atom stereocenters. The third-order valence-corrected chi connectivity index (χ3v) is 2.39. The van der Waals surface area contributed by atoms with Crippen molar-refractivity contribution in [1.29, 1.82) is 0 Å². The van der Waals surface area contributed by atoms with Gasteiger partial charge < -0.3 is 10.4 Å². The average Bonchev–Trinajstić information content (AvgIpc) is 2.25. The van der Waals surface area contributed by atoms with Crippen LogP contribution in [0.5, 0.6) is 0 Å². The van der Waals surface area contributed by atoms with Crippen molar-refractivity contribution in [3.63, 3.8) is 0 Å². The van der Waals surface area contributed by atoms with E-state index < -0.39 is 17.9 Å². The van der Waals surface area contributed by atoms with Crippen LogP contribution in [0.1, 0.15) is 26.7 Å². The minimum absolute atomic E-state index is 0.150. The lowest BCUT2D eigenvalue weighted by Gasteiger charge is -2.19. The number of carboxylic acid groups (broad SMARTS) is 1. The van der Waals surface area contributed by atoms with Crippen LogP contribution in [0.4, 0.5) is 0 Å². The number of aliphatic carboxylic acids is 1. The van der Waals surface area contributed by atoms with Crippen LogP contribution in [0, 0.1) is 5.92 Å². The first-order valence-electron chi connectivity index (χ1n) is 5.31. The number of hydrazone groups is 1. The van der Waals surface area contributed by atoms with Crippen LogP contribution in [0.2, 0.25) is 0 Å². The van der Waals surface area contributed by atoms with E-state index in [1.54, 1.807) is 13.8 Å². The molecule has 3 N–H and O–H groups in total. The topological polar surface area (TPSA) is 108 Å². The molecule has 1 aliphatic rings. The second kappa shape index (κ2) is 5.42. The Morgan fingerprint density at radius 3 is 2.47 bits per heavy atom. The van der Waals surface area contributed by atoms with Crippen molar-refractivity contribution in [2.24, 2.45) is 11.0 Å². The number of carboxylic acids is 1. The molecule has 17 heavy (non-hydrogen) atoms. The van der Waals surface area contributed by atoms with Crippen LogP contribution in [0.25, 0.3) is 0 Å². The molecular weight excluding hydrogens is 226 g/mol. The summed E-state index contributed by atoms with van der Waals surface area (Å²) in [7, 11) is 0. The summed E-state index contributed by atoms with van der Waals surface area (Å²) < 4.78 is 0. The SMILES string of the molecule is CC(C)C(NC(=O)C1=NNC(=O)CC1)C(=O)O. The molecule has 2 amide bonds. The highest BCUT2D eigenvalue weighted by atomic mass is 16.4. The number of rotatable bonds is 4. The van der Waals surface area contributed by atoms with Crippen molar-refractivity contribution in [1.82, 2.24) is 10.7 Å². The maximum atomic E-state index is 11.7. The van der Waals surface area contributed by atoms with Gasteiger partial charge in [-0.2, -0.15) is 5.10 Å². The molecule has 0 aromatic heterocycles. The first-order valence-corrected chi connectivity index (χ1v) is 5.31. The maximum Gasteiger partial charge on any atom is 0.326 e. The summed E-state index contributed by atoms with van der Waals surface area (Å²) in [4.78, 5) is 33.4. The molecule has 1 aliphatic heterocycles. The molecule has 0 aromatic carbocycles. The normalized spacial score (nSPS) is 17.1. The molecule has 1 rings (SSSR count). The van der Waals surface area contributed by atoms with Gasteiger partial charge in [0.15, 0.2) is 0 Å². The summed E-state index contributed by atoms with van der Waals surface area (Å²) in [6, 6.07) is -0.956. The fourth-order valence-electron chi connectivity index (χ4n) is 1.38. The summed E-state index contributed by atoms with van der Waals surface area (Å²) in [5, 5.41) is 14.9. The zero-order valence-corrected chi connectivity index (χ0v) is 9.69. The Bertz CT molecular complexity index is 376. The van der Waals surface area contributed by atoms with E-state index in [-0.39, 0.29) is 30.4 Å². The van der Waals surface area contributed by atoms with Crippen molar-refractivity contribution < 1.29 is 19.5 Å². The molecule has 0 aromatic rings. The van der Waals surface area contributed by atoms with Crippen LogP contribution in [-0.4, -0.2) is 34.6 Å². The molecule has 94 valence electrons. The summed E-state index contributed by atoms with van der Waals surface area (Å²) in [5.41, 5.74) is 2.34. The van der Waals surface area contributed by atoms with Gasteiger partial charge in [-0.15, -0.1) is 0 Å². The van der Waals surface area contributed by atoms with Gasteiger partial charge in [0.25, 0.3) is 5.91 Å². The Morgan fingerprint density at radius 2 is 2.06 bits per heavy atom. The number of carbonyl (C=O) groups excluding carboxylic acids is 2. The summed E-state index contributed by atoms with van der Waals surface area (Å²) in [5.74, 6) is -2.12. The van der Waals surface area contributed by atoms with Crippen molar-refractivity contribution >= 4 is 23.5 Å². The summed E-state index contributed by atoms with van der Waals surface area (Å²) >= 11 is 0. The first-order chi connectivity index (χ1) is 7.91. The van der Waals surface area contributed by atoms with E-state index in [4.69, 9.17) is 5.11 Å². The molecule has 0 spiro atoms. The highest BCUT2D eigenvalue weighted by molar-refractivity contribution is 6.39. The van der Waals surface area contributed by atoms with Crippen molar-refractivity contribution in [2.45, 2.75) is 32.7 Å². The molecule has 0 radical (unpaired) electrons. The van der Waals surface area contributed by atoms with E-state index >= 15 is 0 Å². The molecule has 0 bridgehead atoms. The van der Waals surface area contributed by atoms with Crippen molar-refractivity contribution in [2.75, 3.05) is 0 Å². The van der Waals surface area contributed by atoms with E-state index in [2.05, 4.69) is 15.8 Å². The minimum Gasteiger partial charge on any atom is -0.480 e. The largest absolute Gasteiger partial charge is 0.480 e. The number of hydrogen-bond donors (Lipinski definition) is 3. The van der Waals surface area contributed by atoms with Crippen LogP contribution in [0.3, 0.4) is 0 Å². The Kier molecular flexibility index (Phi) is 4.19. The number of nitrogens with zero attached hydrogens (tertiary/aromatic N) is 1. The molecule has 1 unspecified atom stereocenters. The van der Waals surface area contributed by atoms with Crippen LogP contribution < -0.4 is 10.7 Å². The number of amides is 2. The first kappa shape index (κ1) is 13.1. The zero-order valence-electron chi connectivity index (χ0n) is 9.69. The highest BCUT2D eigenvalue weighted by Gasteiger charge is 2.26. The predicted molar refractivity (Wildman–Crippen MR) is 59.2 cm³/mol. The molecule has 7 heteroatoms. The lowest BCUT2D eigenvalue weighted by molar-refractivity contribution is -0.142. The molecule has 0 saturated carbocycles. The standard InChI is InChI=1S/C10H15N3O4/c1-5(2)8(10(16)17)11-9(15)6-3-4-7(14)13-12-6/h5,8H,3-4H2,1-2H3,(H,11,15)(H,13,14)(H,16,17). The van der Waals surface area contributed by atoms with Gasteiger partial charge in [-0.05, 0) is 5.92 Å². The van der Waals surface area contributed by atoms with Gasteiger partial charge in [-0.1, -0.05) is 13.8 Å². The quantitative estimate of drug-likeness (QED) is 0.615. The van der Waals surface area contributed by atoms with Crippen LogP contribution >= 0.6 is 0 Å². The average molecular weight is 241 g/mol. The molecule has 0 saturated heterocycles. The van der Waals surface area contributed by atoms with Gasteiger partial charge in [-0.25, -0.2) is 10.2 Å². The van der Waals surface area contributed by atoms with E-state index in [0.717, 1.165) is 0 Å². The maximum absolute atomic E-state index is 11.7. The molecule has 7 nitrogen and oxygen atoms in total. The zero-order chi connectivity index (χ0) is 13.0. The fraction of sp³-hybridized carbons (Fsp3) is 0.600. The second-order valence-electron chi connectivity index (χ2n) is 4.13. The Balaban J connectivity index is 2.65. The van der Waals surface area contributed by atoms with Crippen LogP contribution in [0.15, 0.2) is 5.10 Å². The molecule has 0 aliphatic carbocycles. The third-order valence-electron chi connectivity index (χ3n) is 2.39. The van der Waals surface area contributed by atoms with Gasteiger partial charge in [0.1, 0.15) is 11.8 Å². The third kappa shape index (κ3) is 3.54. The van der Waals surface area contributed by atoms with E-state index in [1.807, 2.05) is 0 Å². The Labute approximate surface area is 98.3 Å². The number of carbonyl (C=O) groups is 3. The highest BCUT2D eigenvalue weighted by Crippen LogP contribution is 2.04. The van der Waals surface area contributed by atoms with Gasteiger partial charge in [-0.3, -0.25) is 9.59 Å².